The van der Waals surface area contributed by atoms with E-state index in [1.165, 1.54) is 45.3 Å². The minimum Gasteiger partial charge on any atom is -0.356 e. The van der Waals surface area contributed by atoms with Gasteiger partial charge in [-0.05, 0) is 49.9 Å². The Morgan fingerprint density at radius 1 is 1.29 bits per heavy atom. The van der Waals surface area contributed by atoms with Crippen LogP contribution in [0.15, 0.2) is 29.3 Å². The Hall–Kier alpha value is -2.08. The topological polar surface area (TPSA) is 60.0 Å². The SMILES string of the molecule is CCCCN1CCC(NC(=NC)NCCc2cccc(C(=O)N(C)C)c2)CC1. The highest BCUT2D eigenvalue weighted by Gasteiger charge is 2.19. The first kappa shape index (κ1) is 22.2. The van der Waals surface area contributed by atoms with E-state index in [0.29, 0.717) is 6.04 Å². The Morgan fingerprint density at radius 3 is 2.68 bits per heavy atom. The average molecular weight is 388 g/mol. The molecule has 0 spiro atoms. The number of piperidine rings is 1. The predicted octanol–water partition coefficient (Wildman–Crippen LogP) is 2.36. The number of guanidine groups is 1. The number of carbonyl (C=O) groups excluding carboxylic acids is 1. The van der Waals surface area contributed by atoms with Gasteiger partial charge in [-0.25, -0.2) is 0 Å². The van der Waals surface area contributed by atoms with Crippen LogP contribution in [0, 0.1) is 0 Å². The van der Waals surface area contributed by atoms with Crippen LogP contribution >= 0.6 is 0 Å². The van der Waals surface area contributed by atoms with Gasteiger partial charge < -0.3 is 20.4 Å². The average Bonchev–Trinajstić information content (AvgIpc) is 2.72. The van der Waals surface area contributed by atoms with Crippen LogP contribution in [0.5, 0.6) is 0 Å². The van der Waals surface area contributed by atoms with Crippen molar-refractivity contribution in [2.24, 2.45) is 4.99 Å². The van der Waals surface area contributed by atoms with Crippen LogP contribution in [0.3, 0.4) is 0 Å². The summed E-state index contributed by atoms with van der Waals surface area (Å²) in [4.78, 5) is 20.7. The maximum Gasteiger partial charge on any atom is 0.253 e. The van der Waals surface area contributed by atoms with Gasteiger partial charge in [0.05, 0.1) is 0 Å². The van der Waals surface area contributed by atoms with Gasteiger partial charge in [-0.15, -0.1) is 0 Å². The minimum atomic E-state index is 0.0394. The molecule has 1 saturated heterocycles. The second kappa shape index (κ2) is 11.7. The molecule has 2 N–H and O–H groups in total. The molecule has 2 rings (SSSR count). The molecule has 0 saturated carbocycles. The molecule has 1 aromatic rings. The summed E-state index contributed by atoms with van der Waals surface area (Å²) in [7, 11) is 5.38. The standard InChI is InChI=1S/C22H37N5O/c1-5-6-14-27-15-11-20(12-16-27)25-22(23-2)24-13-10-18-8-7-9-19(17-18)21(28)26(3)4/h7-9,17,20H,5-6,10-16H2,1-4H3,(H2,23,24,25). The molecule has 1 fully saturated rings. The number of benzene rings is 1. The highest BCUT2D eigenvalue weighted by molar-refractivity contribution is 5.94. The first-order chi connectivity index (χ1) is 13.5. The van der Waals surface area contributed by atoms with Crippen molar-refractivity contribution >= 4 is 11.9 Å². The van der Waals surface area contributed by atoms with Gasteiger partial charge in [-0.2, -0.15) is 0 Å². The third-order valence-corrected chi connectivity index (χ3v) is 5.27. The van der Waals surface area contributed by atoms with Gasteiger partial charge in [0, 0.05) is 52.4 Å². The Kier molecular flexibility index (Phi) is 9.28. The molecule has 0 radical (unpaired) electrons. The first-order valence-electron chi connectivity index (χ1n) is 10.5. The molecule has 0 aromatic heterocycles. The molecule has 0 aliphatic carbocycles. The predicted molar refractivity (Wildman–Crippen MR) is 117 cm³/mol. The van der Waals surface area contributed by atoms with E-state index in [2.05, 4.69) is 33.5 Å². The van der Waals surface area contributed by atoms with E-state index >= 15 is 0 Å². The highest BCUT2D eigenvalue weighted by Crippen LogP contribution is 2.11. The van der Waals surface area contributed by atoms with Crippen molar-refractivity contribution in [3.8, 4) is 0 Å². The fourth-order valence-corrected chi connectivity index (χ4v) is 3.51. The lowest BCUT2D eigenvalue weighted by molar-refractivity contribution is 0.0827. The van der Waals surface area contributed by atoms with Crippen LogP contribution in [0.4, 0.5) is 0 Å². The van der Waals surface area contributed by atoms with Crippen LogP contribution in [0.1, 0.15) is 48.5 Å². The molecular weight excluding hydrogens is 350 g/mol. The normalized spacial score (nSPS) is 16.1. The van der Waals surface area contributed by atoms with Gasteiger partial charge >= 0.3 is 0 Å². The summed E-state index contributed by atoms with van der Waals surface area (Å²) >= 11 is 0. The van der Waals surface area contributed by atoms with E-state index in [0.717, 1.165) is 30.1 Å². The largest absolute Gasteiger partial charge is 0.356 e. The zero-order valence-corrected chi connectivity index (χ0v) is 18.0. The molecular formula is C22H37N5O. The number of nitrogens with zero attached hydrogens (tertiary/aromatic N) is 3. The van der Waals surface area contributed by atoms with E-state index in [-0.39, 0.29) is 5.91 Å². The molecule has 6 nitrogen and oxygen atoms in total. The number of nitrogens with one attached hydrogen (secondary N) is 2. The lowest BCUT2D eigenvalue weighted by atomic mass is 10.0. The molecule has 28 heavy (non-hydrogen) atoms. The van der Waals surface area contributed by atoms with Crippen LogP contribution in [-0.4, -0.2) is 75.0 Å². The van der Waals surface area contributed by atoms with Gasteiger partial charge in [0.25, 0.3) is 5.91 Å². The molecule has 1 heterocycles. The Bertz CT molecular complexity index is 636. The highest BCUT2D eigenvalue weighted by atomic mass is 16.2. The summed E-state index contributed by atoms with van der Waals surface area (Å²) in [5.74, 6) is 0.907. The maximum absolute atomic E-state index is 12.1. The Labute approximate surface area is 170 Å². The summed E-state index contributed by atoms with van der Waals surface area (Å²) in [5, 5.41) is 6.98. The lowest BCUT2D eigenvalue weighted by Crippen LogP contribution is -2.49. The number of unbranched alkanes of at least 4 members (excludes halogenated alkanes) is 1. The van der Waals surface area contributed by atoms with Crippen LogP contribution in [0.25, 0.3) is 0 Å². The first-order valence-corrected chi connectivity index (χ1v) is 10.5. The van der Waals surface area contributed by atoms with Crippen molar-refractivity contribution in [3.63, 3.8) is 0 Å². The molecule has 0 atom stereocenters. The molecule has 1 aliphatic rings. The quantitative estimate of drug-likeness (QED) is 0.531. The fraction of sp³-hybridized carbons (Fsp3) is 0.636. The number of hydrogen-bond donors (Lipinski definition) is 2. The number of amides is 1. The van der Waals surface area contributed by atoms with Crippen molar-refractivity contribution in [2.75, 3.05) is 47.3 Å². The Morgan fingerprint density at radius 2 is 2.04 bits per heavy atom. The summed E-state index contributed by atoms with van der Waals surface area (Å²) in [6, 6.07) is 8.35. The summed E-state index contributed by atoms with van der Waals surface area (Å²) in [6.07, 6.45) is 5.74. The third kappa shape index (κ3) is 7.15. The van der Waals surface area contributed by atoms with Crippen LogP contribution < -0.4 is 10.6 Å². The van der Waals surface area contributed by atoms with Gasteiger partial charge in [-0.3, -0.25) is 9.79 Å². The fourth-order valence-electron chi connectivity index (χ4n) is 3.51. The minimum absolute atomic E-state index is 0.0394. The van der Waals surface area contributed by atoms with Crippen molar-refractivity contribution < 1.29 is 4.79 Å². The van der Waals surface area contributed by atoms with Gasteiger partial charge in [0.15, 0.2) is 5.96 Å². The second-order valence-corrected chi connectivity index (χ2v) is 7.76. The number of rotatable bonds is 8. The molecule has 1 aromatic carbocycles. The van der Waals surface area contributed by atoms with Crippen molar-refractivity contribution in [1.29, 1.82) is 0 Å². The van der Waals surface area contributed by atoms with E-state index in [4.69, 9.17) is 0 Å². The lowest BCUT2D eigenvalue weighted by Gasteiger charge is -2.33. The maximum atomic E-state index is 12.1. The Balaban J connectivity index is 1.75. The van der Waals surface area contributed by atoms with Crippen molar-refractivity contribution in [3.05, 3.63) is 35.4 Å². The monoisotopic (exact) mass is 387 g/mol. The number of carbonyl (C=O) groups is 1. The summed E-state index contributed by atoms with van der Waals surface area (Å²) in [5.41, 5.74) is 1.89. The molecule has 156 valence electrons. The van der Waals surface area contributed by atoms with Crippen molar-refractivity contribution in [2.45, 2.75) is 45.1 Å². The van der Waals surface area contributed by atoms with Gasteiger partial charge in [0.1, 0.15) is 0 Å². The van der Waals surface area contributed by atoms with Gasteiger partial charge in [0.2, 0.25) is 0 Å². The smallest absolute Gasteiger partial charge is 0.253 e. The van der Waals surface area contributed by atoms with Gasteiger partial charge in [-0.1, -0.05) is 25.5 Å². The summed E-state index contributed by atoms with van der Waals surface area (Å²) < 4.78 is 0. The molecule has 1 amide bonds. The van der Waals surface area contributed by atoms with Crippen LogP contribution in [-0.2, 0) is 6.42 Å². The molecule has 6 heteroatoms. The van der Waals surface area contributed by atoms with Crippen LogP contribution in [0.2, 0.25) is 0 Å². The number of aliphatic imine (C=N–C) groups is 1. The van der Waals surface area contributed by atoms with E-state index in [1.54, 1.807) is 19.0 Å². The van der Waals surface area contributed by atoms with Crippen molar-refractivity contribution in [1.82, 2.24) is 20.4 Å². The molecule has 0 unspecified atom stereocenters. The number of likely N-dealkylation sites (tertiary alicyclic amines) is 1. The van der Waals surface area contributed by atoms with E-state index in [9.17, 15) is 4.79 Å². The van der Waals surface area contributed by atoms with E-state index in [1.807, 2.05) is 25.2 Å². The zero-order chi connectivity index (χ0) is 20.4. The molecule has 1 aliphatic heterocycles. The second-order valence-electron chi connectivity index (χ2n) is 7.76. The zero-order valence-electron chi connectivity index (χ0n) is 18.0. The number of hydrogen-bond acceptors (Lipinski definition) is 3. The molecule has 0 bridgehead atoms. The third-order valence-electron chi connectivity index (χ3n) is 5.27. The summed E-state index contributed by atoms with van der Waals surface area (Å²) in [6.45, 7) is 6.60. The van der Waals surface area contributed by atoms with E-state index < -0.39 is 0 Å².